The van der Waals surface area contributed by atoms with Gasteiger partial charge >= 0.3 is 0 Å². The fraction of sp³-hybridized carbons (Fsp3) is 0.176. The van der Waals surface area contributed by atoms with Gasteiger partial charge in [0.05, 0.1) is 5.69 Å². The first-order chi connectivity index (χ1) is 11.3. The summed E-state index contributed by atoms with van der Waals surface area (Å²) in [4.78, 5) is 23.1. The van der Waals surface area contributed by atoms with Crippen molar-refractivity contribution in [3.63, 3.8) is 0 Å². The Kier molecular flexibility index (Phi) is 5.47. The number of para-hydroxylation sites is 2. The highest BCUT2D eigenvalue weighted by molar-refractivity contribution is 5.97. The van der Waals surface area contributed by atoms with E-state index in [0.29, 0.717) is 5.69 Å². The van der Waals surface area contributed by atoms with Crippen LogP contribution in [0.3, 0.4) is 0 Å². The maximum atomic E-state index is 13.2. The molecule has 0 aromatic heterocycles. The smallest absolute Gasteiger partial charge is 0.246 e. The van der Waals surface area contributed by atoms with Crippen molar-refractivity contribution in [1.29, 1.82) is 0 Å². The van der Waals surface area contributed by atoms with Gasteiger partial charge in [0, 0.05) is 25.1 Å². The number of hydrogen-bond donors (Lipinski definition) is 2. The van der Waals surface area contributed by atoms with Crippen molar-refractivity contribution in [1.82, 2.24) is 5.32 Å². The minimum atomic E-state index is -0.772. The number of rotatable bonds is 5. The maximum Gasteiger partial charge on any atom is 0.246 e. The molecule has 7 heteroatoms. The standard InChI is InChI=1S/C17H16F2N2O3/c1-10(20-11(2)22)17(23)21-15-5-3-4-6-16(15)24-14-8-12(18)7-13(19)9-14/h3-10H,1-2H3,(H,20,22)(H,21,23)/t10-/m0/s1. The van der Waals surface area contributed by atoms with Crippen LogP contribution in [-0.2, 0) is 9.59 Å². The zero-order valence-electron chi connectivity index (χ0n) is 13.1. The molecular weight excluding hydrogens is 318 g/mol. The van der Waals surface area contributed by atoms with Crippen LogP contribution in [0.5, 0.6) is 11.5 Å². The maximum absolute atomic E-state index is 13.2. The second kappa shape index (κ2) is 7.54. The fourth-order valence-corrected chi connectivity index (χ4v) is 1.98. The van der Waals surface area contributed by atoms with E-state index in [2.05, 4.69) is 10.6 Å². The monoisotopic (exact) mass is 334 g/mol. The number of benzene rings is 2. The van der Waals surface area contributed by atoms with Crippen molar-refractivity contribution in [2.75, 3.05) is 5.32 Å². The molecule has 24 heavy (non-hydrogen) atoms. The largest absolute Gasteiger partial charge is 0.455 e. The predicted octanol–water partition coefficient (Wildman–Crippen LogP) is 3.22. The molecule has 126 valence electrons. The summed E-state index contributed by atoms with van der Waals surface area (Å²) >= 11 is 0. The highest BCUT2D eigenvalue weighted by Gasteiger charge is 2.16. The van der Waals surface area contributed by atoms with Crippen molar-refractivity contribution in [3.05, 3.63) is 54.1 Å². The van der Waals surface area contributed by atoms with Gasteiger partial charge in [0.15, 0.2) is 5.75 Å². The van der Waals surface area contributed by atoms with Crippen LogP contribution in [0.4, 0.5) is 14.5 Å². The van der Waals surface area contributed by atoms with E-state index >= 15 is 0 Å². The van der Waals surface area contributed by atoms with Gasteiger partial charge in [-0.1, -0.05) is 12.1 Å². The van der Waals surface area contributed by atoms with Crippen molar-refractivity contribution in [2.24, 2.45) is 0 Å². The lowest BCUT2D eigenvalue weighted by molar-refractivity contribution is -0.124. The highest BCUT2D eigenvalue weighted by atomic mass is 19.1. The molecule has 5 nitrogen and oxygen atoms in total. The van der Waals surface area contributed by atoms with Crippen LogP contribution in [0.1, 0.15) is 13.8 Å². The van der Waals surface area contributed by atoms with Gasteiger partial charge in [-0.05, 0) is 19.1 Å². The molecule has 1 atom stereocenters. The van der Waals surface area contributed by atoms with Gasteiger partial charge in [0.1, 0.15) is 23.4 Å². The Morgan fingerprint density at radius 2 is 1.71 bits per heavy atom. The lowest BCUT2D eigenvalue weighted by Crippen LogP contribution is -2.40. The van der Waals surface area contributed by atoms with E-state index < -0.39 is 23.6 Å². The number of halogens is 2. The van der Waals surface area contributed by atoms with Gasteiger partial charge < -0.3 is 15.4 Å². The minimum Gasteiger partial charge on any atom is -0.455 e. The first kappa shape index (κ1) is 17.4. The lowest BCUT2D eigenvalue weighted by atomic mass is 10.2. The molecule has 0 spiro atoms. The molecule has 0 aliphatic heterocycles. The molecule has 0 saturated carbocycles. The summed E-state index contributed by atoms with van der Waals surface area (Å²) in [5.41, 5.74) is 0.310. The third-order valence-corrected chi connectivity index (χ3v) is 3.02. The molecule has 0 saturated heterocycles. The van der Waals surface area contributed by atoms with Gasteiger partial charge in [-0.2, -0.15) is 0 Å². The van der Waals surface area contributed by atoms with Crippen LogP contribution >= 0.6 is 0 Å². The quantitative estimate of drug-likeness (QED) is 0.882. The highest BCUT2D eigenvalue weighted by Crippen LogP contribution is 2.30. The molecule has 0 radical (unpaired) electrons. The summed E-state index contributed by atoms with van der Waals surface area (Å²) in [6.07, 6.45) is 0. The molecule has 0 fully saturated rings. The number of ether oxygens (including phenoxy) is 1. The molecule has 0 aliphatic carbocycles. The van der Waals surface area contributed by atoms with Gasteiger partial charge in [-0.25, -0.2) is 8.78 Å². The molecule has 0 bridgehead atoms. The van der Waals surface area contributed by atoms with Crippen LogP contribution in [0.15, 0.2) is 42.5 Å². The Morgan fingerprint density at radius 1 is 1.08 bits per heavy atom. The molecule has 2 rings (SSSR count). The van der Waals surface area contributed by atoms with E-state index in [0.717, 1.165) is 18.2 Å². The van der Waals surface area contributed by atoms with Crippen molar-refractivity contribution in [3.8, 4) is 11.5 Å². The average Bonchev–Trinajstić information content (AvgIpc) is 2.47. The predicted molar refractivity (Wildman–Crippen MR) is 84.8 cm³/mol. The van der Waals surface area contributed by atoms with Gasteiger partial charge in [0.25, 0.3) is 0 Å². The number of nitrogens with one attached hydrogen (secondary N) is 2. The number of carbonyl (C=O) groups is 2. The van der Waals surface area contributed by atoms with E-state index in [1.165, 1.54) is 13.8 Å². The SMILES string of the molecule is CC(=O)N[C@@H](C)C(=O)Nc1ccccc1Oc1cc(F)cc(F)c1. The average molecular weight is 334 g/mol. The first-order valence-electron chi connectivity index (χ1n) is 7.16. The summed E-state index contributed by atoms with van der Waals surface area (Å²) in [5.74, 6) is -2.16. The van der Waals surface area contributed by atoms with E-state index in [9.17, 15) is 18.4 Å². The summed E-state index contributed by atoms with van der Waals surface area (Å²) in [5, 5.41) is 5.05. The molecule has 2 amide bonds. The second-order valence-electron chi connectivity index (χ2n) is 5.11. The molecule has 2 N–H and O–H groups in total. The van der Waals surface area contributed by atoms with E-state index in [1.54, 1.807) is 24.3 Å². The van der Waals surface area contributed by atoms with Gasteiger partial charge in [-0.15, -0.1) is 0 Å². The molecular formula is C17H16F2N2O3. The number of carbonyl (C=O) groups excluding carboxylic acids is 2. The fourth-order valence-electron chi connectivity index (χ4n) is 1.98. The third kappa shape index (κ3) is 4.77. The summed E-state index contributed by atoms with van der Waals surface area (Å²) in [6, 6.07) is 8.47. The van der Waals surface area contributed by atoms with Gasteiger partial charge in [-0.3, -0.25) is 9.59 Å². The third-order valence-electron chi connectivity index (χ3n) is 3.02. The van der Waals surface area contributed by atoms with Crippen molar-refractivity contribution >= 4 is 17.5 Å². The number of amides is 2. The van der Waals surface area contributed by atoms with E-state index in [-0.39, 0.29) is 17.4 Å². The Balaban J connectivity index is 2.18. The molecule has 0 unspecified atom stereocenters. The van der Waals surface area contributed by atoms with Crippen molar-refractivity contribution in [2.45, 2.75) is 19.9 Å². The normalized spacial score (nSPS) is 11.5. The van der Waals surface area contributed by atoms with E-state index in [4.69, 9.17) is 4.74 Å². The van der Waals surface area contributed by atoms with Crippen LogP contribution in [0.2, 0.25) is 0 Å². The summed E-state index contributed by atoms with van der Waals surface area (Å²) < 4.78 is 31.9. The Hall–Kier alpha value is -2.96. The lowest BCUT2D eigenvalue weighted by Gasteiger charge is -2.15. The van der Waals surface area contributed by atoms with E-state index in [1.807, 2.05) is 0 Å². The Labute approximate surface area is 137 Å². The van der Waals surface area contributed by atoms with Crippen LogP contribution in [-0.4, -0.2) is 17.9 Å². The summed E-state index contributed by atoms with van der Waals surface area (Å²) in [6.45, 7) is 2.83. The molecule has 0 heterocycles. The zero-order chi connectivity index (χ0) is 17.7. The zero-order valence-corrected chi connectivity index (χ0v) is 13.1. The molecule has 0 aliphatic rings. The number of anilines is 1. The van der Waals surface area contributed by atoms with Gasteiger partial charge in [0.2, 0.25) is 11.8 Å². The molecule has 2 aromatic carbocycles. The number of hydrogen-bond acceptors (Lipinski definition) is 3. The topological polar surface area (TPSA) is 67.4 Å². The Morgan fingerprint density at radius 3 is 2.33 bits per heavy atom. The Bertz CT molecular complexity index is 745. The molecule has 2 aromatic rings. The van der Waals surface area contributed by atoms with Crippen molar-refractivity contribution < 1.29 is 23.1 Å². The van der Waals surface area contributed by atoms with Crippen LogP contribution in [0.25, 0.3) is 0 Å². The van der Waals surface area contributed by atoms with Crippen LogP contribution < -0.4 is 15.4 Å². The van der Waals surface area contributed by atoms with Crippen LogP contribution in [0, 0.1) is 11.6 Å². The second-order valence-corrected chi connectivity index (χ2v) is 5.11. The summed E-state index contributed by atoms with van der Waals surface area (Å²) in [7, 11) is 0. The first-order valence-corrected chi connectivity index (χ1v) is 7.16. The minimum absolute atomic E-state index is 0.0379.